The van der Waals surface area contributed by atoms with Crippen LogP contribution in [0.4, 0.5) is 0 Å². The minimum atomic E-state index is -0.252. The number of aliphatic hydroxyl groups excluding tert-OH is 1. The van der Waals surface area contributed by atoms with Crippen molar-refractivity contribution in [3.63, 3.8) is 0 Å². The molecule has 134 valence electrons. The van der Waals surface area contributed by atoms with Crippen LogP contribution in [0.15, 0.2) is 23.3 Å². The van der Waals surface area contributed by atoms with E-state index in [9.17, 15) is 5.11 Å². The van der Waals surface area contributed by atoms with E-state index in [1.807, 2.05) is 12.1 Å². The third-order valence-corrected chi connectivity index (χ3v) is 4.94. The summed E-state index contributed by atoms with van der Waals surface area (Å²) in [6, 6.07) is 3.79. The first-order chi connectivity index (χ1) is 11.5. The second-order valence-corrected chi connectivity index (χ2v) is 7.16. The standard InChI is InChI=1S/C18H29ClN4O/c1-3-20-17(21-11-9-14-7-8-16(19)22-12-14)23-13-18(2)10-5-4-6-15(18)24/h7-8,12,15,24H,3-6,9-11,13H2,1-2H3,(H2,20,21,23). The van der Waals surface area contributed by atoms with E-state index in [1.165, 1.54) is 6.42 Å². The van der Waals surface area contributed by atoms with Crippen molar-refractivity contribution in [2.75, 3.05) is 19.6 Å². The summed E-state index contributed by atoms with van der Waals surface area (Å²) in [7, 11) is 0. The molecular formula is C18H29ClN4O. The fourth-order valence-corrected chi connectivity index (χ4v) is 3.16. The van der Waals surface area contributed by atoms with Crippen LogP contribution in [-0.4, -0.2) is 41.8 Å². The summed E-state index contributed by atoms with van der Waals surface area (Å²) in [5, 5.41) is 17.4. The number of hydrogen-bond donors (Lipinski definition) is 3. The lowest BCUT2D eigenvalue weighted by Crippen LogP contribution is -2.42. The monoisotopic (exact) mass is 352 g/mol. The van der Waals surface area contributed by atoms with Crippen molar-refractivity contribution in [3.05, 3.63) is 29.0 Å². The highest BCUT2D eigenvalue weighted by molar-refractivity contribution is 6.29. The molecule has 2 unspecified atom stereocenters. The molecule has 0 saturated heterocycles. The molecule has 1 saturated carbocycles. The van der Waals surface area contributed by atoms with Crippen LogP contribution in [0.25, 0.3) is 0 Å². The molecule has 24 heavy (non-hydrogen) atoms. The Morgan fingerprint density at radius 3 is 2.92 bits per heavy atom. The van der Waals surface area contributed by atoms with Crippen molar-refractivity contribution in [3.8, 4) is 0 Å². The van der Waals surface area contributed by atoms with Crippen LogP contribution < -0.4 is 10.6 Å². The van der Waals surface area contributed by atoms with Gasteiger partial charge in [0.05, 0.1) is 12.6 Å². The van der Waals surface area contributed by atoms with Gasteiger partial charge in [0.1, 0.15) is 5.15 Å². The topological polar surface area (TPSA) is 69.5 Å². The fourth-order valence-electron chi connectivity index (χ4n) is 3.05. The summed E-state index contributed by atoms with van der Waals surface area (Å²) < 4.78 is 0. The lowest BCUT2D eigenvalue weighted by atomic mass is 9.73. The van der Waals surface area contributed by atoms with Crippen molar-refractivity contribution < 1.29 is 5.11 Å². The van der Waals surface area contributed by atoms with Crippen molar-refractivity contribution >= 4 is 17.6 Å². The first-order valence-electron chi connectivity index (χ1n) is 8.84. The predicted octanol–water partition coefficient (Wildman–Crippen LogP) is 2.77. The number of guanidine groups is 1. The summed E-state index contributed by atoms with van der Waals surface area (Å²) in [6.45, 7) is 6.43. The van der Waals surface area contributed by atoms with Crippen LogP contribution in [0.3, 0.4) is 0 Å². The zero-order valence-electron chi connectivity index (χ0n) is 14.7. The van der Waals surface area contributed by atoms with Gasteiger partial charge in [0, 0.05) is 24.7 Å². The minimum Gasteiger partial charge on any atom is -0.392 e. The molecule has 6 heteroatoms. The molecule has 0 aliphatic heterocycles. The normalized spacial score (nSPS) is 24.7. The molecule has 5 nitrogen and oxygen atoms in total. The van der Waals surface area contributed by atoms with E-state index >= 15 is 0 Å². The number of halogens is 1. The van der Waals surface area contributed by atoms with Crippen LogP contribution in [-0.2, 0) is 6.42 Å². The molecule has 1 aromatic heterocycles. The zero-order valence-corrected chi connectivity index (χ0v) is 15.4. The third kappa shape index (κ3) is 5.64. The Labute approximate surface area is 149 Å². The van der Waals surface area contributed by atoms with Gasteiger partial charge in [-0.15, -0.1) is 0 Å². The molecule has 1 heterocycles. The van der Waals surface area contributed by atoms with Gasteiger partial charge in [0.15, 0.2) is 5.96 Å². The van der Waals surface area contributed by atoms with Crippen molar-refractivity contribution in [2.24, 2.45) is 10.4 Å². The zero-order chi connectivity index (χ0) is 17.4. The number of aliphatic imine (C=N–C) groups is 1. The molecule has 0 bridgehead atoms. The van der Waals surface area contributed by atoms with Crippen LogP contribution in [0.2, 0.25) is 5.15 Å². The van der Waals surface area contributed by atoms with E-state index in [0.717, 1.165) is 50.3 Å². The quantitative estimate of drug-likeness (QED) is 0.418. The highest BCUT2D eigenvalue weighted by Gasteiger charge is 2.35. The molecule has 1 aliphatic rings. The first-order valence-corrected chi connectivity index (χ1v) is 9.22. The highest BCUT2D eigenvalue weighted by Crippen LogP contribution is 2.36. The fraction of sp³-hybridized carbons (Fsp3) is 0.667. The van der Waals surface area contributed by atoms with Gasteiger partial charge in [0.2, 0.25) is 0 Å². The SMILES string of the molecule is CCNC(=NCC1(C)CCCCC1O)NCCc1ccc(Cl)nc1. The Morgan fingerprint density at radius 2 is 2.25 bits per heavy atom. The van der Waals surface area contributed by atoms with E-state index in [0.29, 0.717) is 11.7 Å². The number of hydrogen-bond acceptors (Lipinski definition) is 3. The van der Waals surface area contributed by atoms with E-state index in [1.54, 1.807) is 6.20 Å². The number of aromatic nitrogens is 1. The largest absolute Gasteiger partial charge is 0.392 e. The van der Waals surface area contributed by atoms with Gasteiger partial charge in [0.25, 0.3) is 0 Å². The second kappa shape index (κ2) is 9.23. The molecule has 1 fully saturated rings. The maximum atomic E-state index is 10.3. The molecule has 1 aliphatic carbocycles. The smallest absolute Gasteiger partial charge is 0.191 e. The van der Waals surface area contributed by atoms with Gasteiger partial charge < -0.3 is 15.7 Å². The Bertz CT molecular complexity index is 534. The Hall–Kier alpha value is -1.33. The molecule has 3 N–H and O–H groups in total. The summed E-state index contributed by atoms with van der Waals surface area (Å²) in [6.07, 6.45) is 6.62. The second-order valence-electron chi connectivity index (χ2n) is 6.78. The lowest BCUT2D eigenvalue weighted by Gasteiger charge is -2.37. The number of aliphatic hydroxyl groups is 1. The summed E-state index contributed by atoms with van der Waals surface area (Å²) in [5.41, 5.74) is 1.03. The molecule has 0 amide bonds. The molecular weight excluding hydrogens is 324 g/mol. The molecule has 1 aromatic rings. The number of rotatable bonds is 6. The average Bonchev–Trinajstić information content (AvgIpc) is 2.57. The van der Waals surface area contributed by atoms with E-state index < -0.39 is 0 Å². The summed E-state index contributed by atoms with van der Waals surface area (Å²) in [5.74, 6) is 0.804. The van der Waals surface area contributed by atoms with Crippen molar-refractivity contribution in [1.29, 1.82) is 0 Å². The number of nitrogens with zero attached hydrogens (tertiary/aromatic N) is 2. The minimum absolute atomic E-state index is 0.110. The maximum Gasteiger partial charge on any atom is 0.191 e. The van der Waals surface area contributed by atoms with Gasteiger partial charge >= 0.3 is 0 Å². The molecule has 0 radical (unpaired) electrons. The third-order valence-electron chi connectivity index (χ3n) is 4.72. The number of nitrogens with one attached hydrogen (secondary N) is 2. The summed E-state index contributed by atoms with van der Waals surface area (Å²) >= 11 is 5.80. The molecule has 0 aromatic carbocycles. The van der Waals surface area contributed by atoms with Crippen LogP contribution >= 0.6 is 11.6 Å². The predicted molar refractivity (Wildman–Crippen MR) is 99.5 cm³/mol. The summed E-state index contributed by atoms with van der Waals surface area (Å²) in [4.78, 5) is 8.79. The Kier molecular flexibility index (Phi) is 7.31. The first kappa shape index (κ1) is 19.0. The van der Waals surface area contributed by atoms with Crippen molar-refractivity contribution in [2.45, 2.75) is 52.1 Å². The highest BCUT2D eigenvalue weighted by atomic mass is 35.5. The Morgan fingerprint density at radius 1 is 1.42 bits per heavy atom. The maximum absolute atomic E-state index is 10.3. The van der Waals surface area contributed by atoms with Crippen LogP contribution in [0.5, 0.6) is 0 Å². The van der Waals surface area contributed by atoms with Gasteiger partial charge in [-0.05, 0) is 37.8 Å². The molecule has 0 spiro atoms. The van der Waals surface area contributed by atoms with E-state index in [2.05, 4.69) is 29.5 Å². The Balaban J connectivity index is 1.87. The molecule has 2 rings (SSSR count). The van der Waals surface area contributed by atoms with Gasteiger partial charge in [-0.25, -0.2) is 4.98 Å². The number of pyridine rings is 1. The van der Waals surface area contributed by atoms with Gasteiger partial charge in [-0.3, -0.25) is 4.99 Å². The van der Waals surface area contributed by atoms with E-state index in [4.69, 9.17) is 16.6 Å². The van der Waals surface area contributed by atoms with Gasteiger partial charge in [-0.1, -0.05) is 37.4 Å². The van der Waals surface area contributed by atoms with E-state index in [-0.39, 0.29) is 11.5 Å². The average molecular weight is 353 g/mol. The molecule has 2 atom stereocenters. The van der Waals surface area contributed by atoms with Gasteiger partial charge in [-0.2, -0.15) is 0 Å². The van der Waals surface area contributed by atoms with Crippen LogP contribution in [0.1, 0.15) is 45.1 Å². The van der Waals surface area contributed by atoms with Crippen LogP contribution in [0, 0.1) is 5.41 Å². The lowest BCUT2D eigenvalue weighted by molar-refractivity contribution is 0.00716. The van der Waals surface area contributed by atoms with Crippen molar-refractivity contribution in [1.82, 2.24) is 15.6 Å².